The van der Waals surface area contributed by atoms with E-state index in [1.165, 1.54) is 17.2 Å². The molecule has 0 bridgehead atoms. The minimum atomic E-state index is -4.42. The monoisotopic (exact) mass is 539 g/mol. The number of aryl methyl sites for hydroxylation is 1. The molecule has 0 aliphatic carbocycles. The van der Waals surface area contributed by atoms with Crippen LogP contribution in [-0.2, 0) is 6.18 Å². The molecule has 4 rings (SSSR count). The summed E-state index contributed by atoms with van der Waals surface area (Å²) >= 11 is 0. The molecule has 1 aliphatic heterocycles. The summed E-state index contributed by atoms with van der Waals surface area (Å²) in [6.07, 6.45) is 0.556. The maximum absolute atomic E-state index is 12.7. The maximum Gasteiger partial charge on any atom is 0.417 e. The van der Waals surface area contributed by atoms with Gasteiger partial charge in [-0.3, -0.25) is 9.78 Å². The molecule has 2 aromatic carbocycles. The number of pyridine rings is 1. The van der Waals surface area contributed by atoms with E-state index < -0.39 is 11.7 Å². The molecule has 208 valence electrons. The van der Waals surface area contributed by atoms with Crippen molar-refractivity contribution in [2.75, 3.05) is 32.8 Å². The number of carbonyl (C=O) groups is 1. The highest BCUT2D eigenvalue weighted by Crippen LogP contribution is 2.35. The zero-order chi connectivity index (χ0) is 27.8. The van der Waals surface area contributed by atoms with Gasteiger partial charge in [-0.2, -0.15) is 13.2 Å². The molecule has 1 aromatic heterocycles. The highest BCUT2D eigenvalue weighted by Gasteiger charge is 2.30. The van der Waals surface area contributed by atoms with Crippen LogP contribution in [0.25, 0.3) is 11.3 Å². The smallest absolute Gasteiger partial charge is 0.417 e. The van der Waals surface area contributed by atoms with Gasteiger partial charge in [0.15, 0.2) is 0 Å². The van der Waals surface area contributed by atoms with E-state index in [0.717, 1.165) is 63.3 Å². The van der Waals surface area contributed by atoms with Crippen LogP contribution in [0.15, 0.2) is 60.8 Å². The SMILES string of the molecule is CCOc1cc(C)ccc1C1CCN(CCCCNC(=O)c2ccc(-c3ccc(C(F)(F)F)cn3)cc2)CC1. The summed E-state index contributed by atoms with van der Waals surface area (Å²) in [4.78, 5) is 18.9. The van der Waals surface area contributed by atoms with Gasteiger partial charge in [0, 0.05) is 23.9 Å². The van der Waals surface area contributed by atoms with Gasteiger partial charge in [-0.15, -0.1) is 0 Å². The Bertz CT molecular complexity index is 1220. The molecule has 39 heavy (non-hydrogen) atoms. The van der Waals surface area contributed by atoms with Crippen LogP contribution in [0.1, 0.15) is 65.6 Å². The van der Waals surface area contributed by atoms with Gasteiger partial charge < -0.3 is 15.0 Å². The van der Waals surface area contributed by atoms with Crippen molar-refractivity contribution >= 4 is 5.91 Å². The standard InChI is InChI=1S/C31H36F3N3O2/c1-3-39-29-20-22(2)6-12-27(29)23-14-18-37(19-15-23)17-5-4-16-35-30(38)25-9-7-24(8-10-25)28-13-11-26(21-36-28)31(32,33)34/h6-13,20-21,23H,3-5,14-19H2,1-2H3,(H,35,38). The number of hydrogen-bond acceptors (Lipinski definition) is 4. The fraction of sp³-hybridized carbons (Fsp3) is 0.419. The number of rotatable bonds is 10. The zero-order valence-electron chi connectivity index (χ0n) is 22.6. The normalized spacial score (nSPS) is 14.8. The van der Waals surface area contributed by atoms with Gasteiger partial charge in [-0.25, -0.2) is 0 Å². The van der Waals surface area contributed by atoms with Crippen LogP contribution in [0.3, 0.4) is 0 Å². The summed E-state index contributed by atoms with van der Waals surface area (Å²) < 4.78 is 44.1. The van der Waals surface area contributed by atoms with E-state index in [2.05, 4.69) is 40.3 Å². The van der Waals surface area contributed by atoms with Crippen LogP contribution >= 0.6 is 0 Å². The molecule has 0 spiro atoms. The van der Waals surface area contributed by atoms with Crippen LogP contribution in [0, 0.1) is 6.92 Å². The summed E-state index contributed by atoms with van der Waals surface area (Å²) in [5.74, 6) is 1.40. The molecular formula is C31H36F3N3O2. The van der Waals surface area contributed by atoms with E-state index in [1.807, 2.05) is 6.92 Å². The number of nitrogens with one attached hydrogen (secondary N) is 1. The molecule has 0 radical (unpaired) electrons. The van der Waals surface area contributed by atoms with Crippen molar-refractivity contribution in [3.63, 3.8) is 0 Å². The molecule has 0 saturated carbocycles. The Kier molecular flexibility index (Phi) is 9.62. The Labute approximate surface area is 228 Å². The molecular weight excluding hydrogens is 503 g/mol. The second-order valence-electron chi connectivity index (χ2n) is 10.1. The number of hydrogen-bond donors (Lipinski definition) is 1. The fourth-order valence-corrected chi connectivity index (χ4v) is 5.02. The molecule has 1 saturated heterocycles. The third-order valence-electron chi connectivity index (χ3n) is 7.22. The second kappa shape index (κ2) is 13.1. The number of piperidine rings is 1. The van der Waals surface area contributed by atoms with Gasteiger partial charge in [-0.05, 0) is 107 Å². The number of ether oxygens (including phenoxy) is 1. The number of aromatic nitrogens is 1. The Hall–Kier alpha value is -3.39. The van der Waals surface area contributed by atoms with Crippen LogP contribution in [0.5, 0.6) is 5.75 Å². The van der Waals surface area contributed by atoms with Crippen molar-refractivity contribution < 1.29 is 22.7 Å². The maximum atomic E-state index is 12.7. The highest BCUT2D eigenvalue weighted by molar-refractivity contribution is 5.94. The van der Waals surface area contributed by atoms with Crippen LogP contribution in [-0.4, -0.2) is 48.6 Å². The van der Waals surface area contributed by atoms with Crippen molar-refractivity contribution in [1.29, 1.82) is 0 Å². The molecule has 1 amide bonds. The van der Waals surface area contributed by atoms with E-state index in [9.17, 15) is 18.0 Å². The average molecular weight is 540 g/mol. The minimum absolute atomic E-state index is 0.161. The molecule has 5 nitrogen and oxygen atoms in total. The summed E-state index contributed by atoms with van der Waals surface area (Å²) in [5, 5.41) is 2.96. The van der Waals surface area contributed by atoms with Gasteiger partial charge >= 0.3 is 6.18 Å². The summed E-state index contributed by atoms with van der Waals surface area (Å²) in [6, 6.07) is 15.6. The van der Waals surface area contributed by atoms with Crippen LogP contribution < -0.4 is 10.1 Å². The summed E-state index contributed by atoms with van der Waals surface area (Å²) in [5.41, 5.74) is 3.35. The third-order valence-corrected chi connectivity index (χ3v) is 7.22. The lowest BCUT2D eigenvalue weighted by atomic mass is 9.88. The predicted molar refractivity (Wildman–Crippen MR) is 147 cm³/mol. The van der Waals surface area contributed by atoms with Gasteiger partial charge in [0.25, 0.3) is 5.91 Å². The first kappa shape index (κ1) is 28.6. The van der Waals surface area contributed by atoms with Crippen LogP contribution in [0.2, 0.25) is 0 Å². The number of halogens is 3. The second-order valence-corrected chi connectivity index (χ2v) is 10.1. The lowest BCUT2D eigenvalue weighted by Crippen LogP contribution is -2.34. The Balaban J connectivity index is 1.16. The molecule has 2 heterocycles. The number of nitrogens with zero attached hydrogens (tertiary/aromatic N) is 2. The minimum Gasteiger partial charge on any atom is -0.494 e. The molecule has 1 fully saturated rings. The number of amides is 1. The van der Waals surface area contributed by atoms with Crippen molar-refractivity contribution in [3.8, 4) is 17.0 Å². The molecule has 1 N–H and O–H groups in total. The molecule has 3 aromatic rings. The van der Waals surface area contributed by atoms with Gasteiger partial charge in [0.2, 0.25) is 0 Å². The first-order valence-corrected chi connectivity index (χ1v) is 13.6. The summed E-state index contributed by atoms with van der Waals surface area (Å²) in [6.45, 7) is 8.54. The van der Waals surface area contributed by atoms with Crippen molar-refractivity contribution in [2.45, 2.75) is 51.6 Å². The van der Waals surface area contributed by atoms with E-state index in [0.29, 0.717) is 35.9 Å². The topological polar surface area (TPSA) is 54.5 Å². The van der Waals surface area contributed by atoms with E-state index >= 15 is 0 Å². The number of benzene rings is 2. The lowest BCUT2D eigenvalue weighted by Gasteiger charge is -2.33. The largest absolute Gasteiger partial charge is 0.494 e. The van der Waals surface area contributed by atoms with Crippen molar-refractivity contribution in [2.24, 2.45) is 0 Å². The quantitative estimate of drug-likeness (QED) is 0.286. The predicted octanol–water partition coefficient (Wildman–Crippen LogP) is 6.86. The zero-order valence-corrected chi connectivity index (χ0v) is 22.6. The first-order chi connectivity index (χ1) is 18.7. The van der Waals surface area contributed by atoms with Crippen molar-refractivity contribution in [3.05, 3.63) is 83.0 Å². The molecule has 1 aliphatic rings. The number of alkyl halides is 3. The van der Waals surface area contributed by atoms with E-state index in [-0.39, 0.29) is 5.91 Å². The highest BCUT2D eigenvalue weighted by atomic mass is 19.4. The van der Waals surface area contributed by atoms with Gasteiger partial charge in [0.1, 0.15) is 5.75 Å². The number of unbranched alkanes of at least 4 members (excludes halogenated alkanes) is 1. The molecule has 8 heteroatoms. The number of likely N-dealkylation sites (tertiary alicyclic amines) is 1. The van der Waals surface area contributed by atoms with E-state index in [1.54, 1.807) is 24.3 Å². The Morgan fingerprint density at radius 2 is 1.79 bits per heavy atom. The number of carbonyl (C=O) groups excluding carboxylic acids is 1. The summed E-state index contributed by atoms with van der Waals surface area (Å²) in [7, 11) is 0. The Morgan fingerprint density at radius 3 is 2.44 bits per heavy atom. The fourth-order valence-electron chi connectivity index (χ4n) is 5.02. The van der Waals surface area contributed by atoms with Gasteiger partial charge in [-0.1, -0.05) is 24.3 Å². The third kappa shape index (κ3) is 7.82. The van der Waals surface area contributed by atoms with Gasteiger partial charge in [0.05, 0.1) is 17.9 Å². The Morgan fingerprint density at radius 1 is 1.05 bits per heavy atom. The first-order valence-electron chi connectivity index (χ1n) is 13.6. The van der Waals surface area contributed by atoms with E-state index in [4.69, 9.17) is 4.74 Å². The average Bonchev–Trinajstić information content (AvgIpc) is 2.93. The molecule has 0 atom stereocenters. The lowest BCUT2D eigenvalue weighted by molar-refractivity contribution is -0.137. The molecule has 0 unspecified atom stereocenters. The van der Waals surface area contributed by atoms with Crippen molar-refractivity contribution in [1.82, 2.24) is 15.2 Å². The van der Waals surface area contributed by atoms with Crippen LogP contribution in [0.4, 0.5) is 13.2 Å².